The summed E-state index contributed by atoms with van der Waals surface area (Å²) >= 11 is 0. The van der Waals surface area contributed by atoms with Crippen molar-refractivity contribution >= 4 is 15.5 Å². The zero-order valence-electron chi connectivity index (χ0n) is 9.97. The Balaban J connectivity index is 2.14. The van der Waals surface area contributed by atoms with Gasteiger partial charge in [0.05, 0.1) is 23.7 Å². The first-order valence-corrected chi connectivity index (χ1v) is 7.42. The molecule has 0 aliphatic carbocycles. The molecule has 1 fully saturated rings. The molecule has 0 bridgehead atoms. The van der Waals surface area contributed by atoms with Crippen molar-refractivity contribution in [3.8, 4) is 0 Å². The van der Waals surface area contributed by atoms with E-state index in [1.807, 2.05) is 32.0 Å². The number of hydrogen-bond donors (Lipinski definition) is 2. The van der Waals surface area contributed by atoms with Gasteiger partial charge in [0.15, 0.2) is 9.84 Å². The van der Waals surface area contributed by atoms with Gasteiger partial charge in [-0.3, -0.25) is 0 Å². The average molecular weight is 255 g/mol. The number of aliphatic hydroxyl groups excluding tert-OH is 1. The van der Waals surface area contributed by atoms with Gasteiger partial charge in [-0.2, -0.15) is 0 Å². The van der Waals surface area contributed by atoms with E-state index in [0.717, 1.165) is 11.3 Å². The number of rotatable bonds is 2. The number of aliphatic hydroxyl groups is 1. The Kier molecular flexibility index (Phi) is 3.14. The van der Waals surface area contributed by atoms with Gasteiger partial charge in [0.25, 0.3) is 0 Å². The molecule has 0 amide bonds. The molecule has 1 heterocycles. The lowest BCUT2D eigenvalue weighted by molar-refractivity contribution is 0.190. The lowest BCUT2D eigenvalue weighted by Gasteiger charge is -2.17. The minimum Gasteiger partial charge on any atom is -0.390 e. The first kappa shape index (κ1) is 12.4. The number of aryl methyl sites for hydroxylation is 2. The summed E-state index contributed by atoms with van der Waals surface area (Å²) in [5, 5.41) is 12.8. The second kappa shape index (κ2) is 4.31. The summed E-state index contributed by atoms with van der Waals surface area (Å²) in [5.74, 6) is -0.142. The van der Waals surface area contributed by atoms with Crippen LogP contribution >= 0.6 is 0 Å². The van der Waals surface area contributed by atoms with Crippen LogP contribution in [0.5, 0.6) is 0 Å². The normalized spacial score (nSPS) is 27.0. The first-order valence-electron chi connectivity index (χ1n) is 5.60. The molecule has 0 radical (unpaired) electrons. The fourth-order valence-electron chi connectivity index (χ4n) is 2.01. The van der Waals surface area contributed by atoms with Crippen LogP contribution in [0.15, 0.2) is 18.2 Å². The van der Waals surface area contributed by atoms with Crippen LogP contribution in [0.25, 0.3) is 0 Å². The molecular weight excluding hydrogens is 238 g/mol. The zero-order valence-corrected chi connectivity index (χ0v) is 10.8. The molecule has 4 nitrogen and oxygen atoms in total. The Bertz CT molecular complexity index is 525. The summed E-state index contributed by atoms with van der Waals surface area (Å²) in [4.78, 5) is 0. The monoisotopic (exact) mass is 255 g/mol. The molecule has 17 heavy (non-hydrogen) atoms. The second-order valence-electron chi connectivity index (χ2n) is 4.69. The van der Waals surface area contributed by atoms with E-state index in [-0.39, 0.29) is 11.5 Å². The van der Waals surface area contributed by atoms with Gasteiger partial charge in [0.2, 0.25) is 0 Å². The van der Waals surface area contributed by atoms with E-state index in [4.69, 9.17) is 0 Å². The Hall–Kier alpha value is -1.07. The zero-order chi connectivity index (χ0) is 12.6. The van der Waals surface area contributed by atoms with Crippen LogP contribution in [0.1, 0.15) is 11.1 Å². The second-order valence-corrected chi connectivity index (χ2v) is 6.85. The summed E-state index contributed by atoms with van der Waals surface area (Å²) in [5.41, 5.74) is 3.19. The van der Waals surface area contributed by atoms with Gasteiger partial charge in [0.1, 0.15) is 0 Å². The maximum absolute atomic E-state index is 11.4. The number of hydrogen-bond acceptors (Lipinski definition) is 4. The number of anilines is 1. The molecule has 2 rings (SSSR count). The van der Waals surface area contributed by atoms with Crippen LogP contribution in [-0.2, 0) is 9.84 Å². The average Bonchev–Trinajstić information content (AvgIpc) is 2.46. The van der Waals surface area contributed by atoms with E-state index in [1.54, 1.807) is 0 Å². The van der Waals surface area contributed by atoms with Crippen molar-refractivity contribution < 1.29 is 13.5 Å². The van der Waals surface area contributed by atoms with Gasteiger partial charge in [-0.1, -0.05) is 6.07 Å². The van der Waals surface area contributed by atoms with Crippen LogP contribution < -0.4 is 5.32 Å². The van der Waals surface area contributed by atoms with E-state index in [2.05, 4.69) is 5.32 Å². The molecule has 1 saturated heterocycles. The molecular formula is C12H17NO3S. The van der Waals surface area contributed by atoms with Gasteiger partial charge in [-0.15, -0.1) is 0 Å². The quantitative estimate of drug-likeness (QED) is 0.823. The van der Waals surface area contributed by atoms with E-state index < -0.39 is 22.0 Å². The maximum Gasteiger partial charge on any atom is 0.155 e. The molecule has 1 aromatic carbocycles. The summed E-state index contributed by atoms with van der Waals surface area (Å²) < 4.78 is 22.7. The maximum atomic E-state index is 11.4. The fraction of sp³-hybridized carbons (Fsp3) is 0.500. The van der Waals surface area contributed by atoms with Gasteiger partial charge < -0.3 is 10.4 Å². The Labute approximate surface area is 102 Å². The summed E-state index contributed by atoms with van der Waals surface area (Å²) in [7, 11) is -3.10. The Morgan fingerprint density at radius 2 is 1.94 bits per heavy atom. The van der Waals surface area contributed by atoms with Crippen LogP contribution in [0, 0.1) is 13.8 Å². The molecule has 0 aromatic heterocycles. The highest BCUT2D eigenvalue weighted by Crippen LogP contribution is 2.20. The van der Waals surface area contributed by atoms with E-state index in [1.165, 1.54) is 5.56 Å². The van der Waals surface area contributed by atoms with Crippen molar-refractivity contribution in [2.45, 2.75) is 26.0 Å². The molecule has 5 heteroatoms. The minimum atomic E-state index is -3.10. The van der Waals surface area contributed by atoms with Gasteiger partial charge in [0, 0.05) is 5.69 Å². The molecule has 1 aliphatic heterocycles. The predicted octanol–water partition coefficient (Wildman–Crippen LogP) is 0.873. The fourth-order valence-corrected chi connectivity index (χ4v) is 3.75. The highest BCUT2D eigenvalue weighted by Gasteiger charge is 2.36. The summed E-state index contributed by atoms with van der Waals surface area (Å²) in [6.07, 6.45) is -0.818. The highest BCUT2D eigenvalue weighted by molar-refractivity contribution is 7.91. The van der Waals surface area contributed by atoms with Gasteiger partial charge in [-0.05, 0) is 37.1 Å². The third-order valence-corrected chi connectivity index (χ3v) is 4.90. The molecule has 0 saturated carbocycles. The molecule has 94 valence electrons. The molecule has 1 aromatic rings. The van der Waals surface area contributed by atoms with Crippen LogP contribution in [0.4, 0.5) is 5.69 Å². The standard InChI is InChI=1S/C12H17NO3S/c1-8-3-4-10(5-9(8)2)13-11-6-17(15,16)7-12(11)14/h3-5,11-14H,6-7H2,1-2H3. The number of benzene rings is 1. The molecule has 1 aliphatic rings. The number of sulfone groups is 1. The Morgan fingerprint density at radius 3 is 2.47 bits per heavy atom. The van der Waals surface area contributed by atoms with E-state index in [9.17, 15) is 13.5 Å². The van der Waals surface area contributed by atoms with Crippen molar-refractivity contribution in [3.63, 3.8) is 0 Å². The van der Waals surface area contributed by atoms with Crippen molar-refractivity contribution in [1.82, 2.24) is 0 Å². The third-order valence-electron chi connectivity index (χ3n) is 3.18. The molecule has 0 spiro atoms. The van der Waals surface area contributed by atoms with Crippen molar-refractivity contribution in [1.29, 1.82) is 0 Å². The van der Waals surface area contributed by atoms with Crippen LogP contribution in [0.2, 0.25) is 0 Å². The topological polar surface area (TPSA) is 66.4 Å². The summed E-state index contributed by atoms with van der Waals surface area (Å²) in [6, 6.07) is 5.45. The third kappa shape index (κ3) is 2.79. The Morgan fingerprint density at radius 1 is 1.24 bits per heavy atom. The lowest BCUT2D eigenvalue weighted by atomic mass is 10.1. The SMILES string of the molecule is Cc1ccc(NC2CS(=O)(=O)CC2O)cc1C. The lowest BCUT2D eigenvalue weighted by Crippen LogP contribution is -2.31. The van der Waals surface area contributed by atoms with E-state index >= 15 is 0 Å². The van der Waals surface area contributed by atoms with Gasteiger partial charge >= 0.3 is 0 Å². The number of nitrogens with one attached hydrogen (secondary N) is 1. The van der Waals surface area contributed by atoms with Crippen LogP contribution in [-0.4, -0.2) is 37.2 Å². The predicted molar refractivity (Wildman–Crippen MR) is 68.0 cm³/mol. The smallest absolute Gasteiger partial charge is 0.155 e. The van der Waals surface area contributed by atoms with Crippen molar-refractivity contribution in [2.24, 2.45) is 0 Å². The molecule has 2 atom stereocenters. The highest BCUT2D eigenvalue weighted by atomic mass is 32.2. The van der Waals surface area contributed by atoms with Gasteiger partial charge in [-0.25, -0.2) is 8.42 Å². The first-order chi connectivity index (χ1) is 7.87. The van der Waals surface area contributed by atoms with Crippen molar-refractivity contribution in [2.75, 3.05) is 16.8 Å². The molecule has 2 unspecified atom stereocenters. The largest absolute Gasteiger partial charge is 0.390 e. The summed E-state index contributed by atoms with van der Waals surface area (Å²) in [6.45, 7) is 4.02. The molecule has 2 N–H and O–H groups in total. The van der Waals surface area contributed by atoms with Crippen LogP contribution in [0.3, 0.4) is 0 Å². The van der Waals surface area contributed by atoms with Crippen molar-refractivity contribution in [3.05, 3.63) is 29.3 Å². The van der Waals surface area contributed by atoms with E-state index in [0.29, 0.717) is 0 Å². The minimum absolute atomic E-state index is 0.00108.